The minimum Gasteiger partial charge on any atom is -0.260 e. The first-order chi connectivity index (χ1) is 5.55. The zero-order valence-electron chi connectivity index (χ0n) is 6.69. The predicted octanol–water partition coefficient (Wildman–Crippen LogP) is 0.291. The van der Waals surface area contributed by atoms with Crippen molar-refractivity contribution in [1.29, 1.82) is 0 Å². The zero-order valence-corrected chi connectivity index (χ0v) is 7.50. The average Bonchev–Trinajstić information content (AvgIpc) is 2.03. The summed E-state index contributed by atoms with van der Waals surface area (Å²) in [6.45, 7) is 1.83. The Morgan fingerprint density at radius 1 is 1.58 bits per heavy atom. The quantitative estimate of drug-likeness (QED) is 0.721. The lowest BCUT2D eigenvalue weighted by atomic mass is 10.3. The van der Waals surface area contributed by atoms with Gasteiger partial charge in [-0.25, -0.2) is 13.6 Å². The van der Waals surface area contributed by atoms with Gasteiger partial charge in [0.05, 0.1) is 5.69 Å². The maximum atomic E-state index is 11.0. The zero-order chi connectivity index (χ0) is 9.19. The van der Waals surface area contributed by atoms with Crippen LogP contribution in [0.4, 0.5) is 0 Å². The van der Waals surface area contributed by atoms with Crippen molar-refractivity contribution in [3.05, 3.63) is 24.0 Å². The molecule has 2 N–H and O–H groups in total. The van der Waals surface area contributed by atoms with Crippen LogP contribution in [0.2, 0.25) is 0 Å². The van der Waals surface area contributed by atoms with E-state index >= 15 is 0 Å². The van der Waals surface area contributed by atoms with Crippen molar-refractivity contribution in [3.8, 4) is 0 Å². The van der Waals surface area contributed by atoms with Crippen LogP contribution in [0.15, 0.2) is 23.2 Å². The van der Waals surface area contributed by atoms with E-state index in [2.05, 4.69) is 4.98 Å². The summed E-state index contributed by atoms with van der Waals surface area (Å²) in [7, 11) is -3.61. The lowest BCUT2D eigenvalue weighted by Gasteiger charge is -2.02. The summed E-state index contributed by atoms with van der Waals surface area (Å²) in [4.78, 5) is 4.02. The molecule has 0 aliphatic carbocycles. The summed E-state index contributed by atoms with van der Waals surface area (Å²) in [5.41, 5.74) is 0.514. The molecule has 5 heteroatoms. The van der Waals surface area contributed by atoms with Crippen molar-refractivity contribution in [2.24, 2.45) is 5.14 Å². The Kier molecular flexibility index (Phi) is 2.44. The van der Waals surface area contributed by atoms with Crippen molar-refractivity contribution in [2.75, 3.05) is 0 Å². The molecular formula is C7H10N2O2S. The normalized spacial score (nSPS) is 11.5. The summed E-state index contributed by atoms with van der Waals surface area (Å²) in [5, 5.41) is 4.97. The van der Waals surface area contributed by atoms with Gasteiger partial charge in [0.15, 0.2) is 0 Å². The van der Waals surface area contributed by atoms with Gasteiger partial charge in [0.2, 0.25) is 10.0 Å². The summed E-state index contributed by atoms with van der Waals surface area (Å²) in [6, 6.07) is 3.01. The fourth-order valence-electron chi connectivity index (χ4n) is 0.948. The van der Waals surface area contributed by atoms with E-state index in [1.54, 1.807) is 12.3 Å². The second kappa shape index (κ2) is 3.20. The van der Waals surface area contributed by atoms with Crippen LogP contribution in [0.1, 0.15) is 12.6 Å². The van der Waals surface area contributed by atoms with E-state index in [-0.39, 0.29) is 4.90 Å². The van der Waals surface area contributed by atoms with Crippen LogP contribution in [0.25, 0.3) is 0 Å². The molecule has 66 valence electrons. The van der Waals surface area contributed by atoms with Crippen LogP contribution in [0.3, 0.4) is 0 Å². The summed E-state index contributed by atoms with van der Waals surface area (Å²) < 4.78 is 21.9. The van der Waals surface area contributed by atoms with Crippen LogP contribution in [-0.2, 0) is 16.4 Å². The minimum absolute atomic E-state index is 0.118. The molecule has 0 saturated heterocycles. The van der Waals surface area contributed by atoms with E-state index in [4.69, 9.17) is 5.14 Å². The maximum Gasteiger partial charge on any atom is 0.239 e. The van der Waals surface area contributed by atoms with Gasteiger partial charge in [-0.05, 0) is 18.6 Å². The Morgan fingerprint density at radius 3 is 2.67 bits per heavy atom. The van der Waals surface area contributed by atoms with Gasteiger partial charge in [0, 0.05) is 6.20 Å². The SMILES string of the molecule is CCc1ncccc1S(N)(=O)=O. The molecule has 0 atom stereocenters. The van der Waals surface area contributed by atoms with Gasteiger partial charge >= 0.3 is 0 Å². The van der Waals surface area contributed by atoms with Crippen LogP contribution in [0.5, 0.6) is 0 Å². The van der Waals surface area contributed by atoms with Gasteiger partial charge in [-0.1, -0.05) is 6.92 Å². The van der Waals surface area contributed by atoms with E-state index in [1.165, 1.54) is 6.07 Å². The Morgan fingerprint density at radius 2 is 2.25 bits per heavy atom. The monoisotopic (exact) mass is 186 g/mol. The lowest BCUT2D eigenvalue weighted by molar-refractivity contribution is 0.596. The largest absolute Gasteiger partial charge is 0.260 e. The van der Waals surface area contributed by atoms with Crippen molar-refractivity contribution < 1.29 is 8.42 Å². The number of hydrogen-bond donors (Lipinski definition) is 1. The maximum absolute atomic E-state index is 11.0. The molecule has 1 aromatic rings. The van der Waals surface area contributed by atoms with E-state index in [1.807, 2.05) is 6.92 Å². The molecule has 0 radical (unpaired) electrons. The highest BCUT2D eigenvalue weighted by atomic mass is 32.2. The molecule has 1 rings (SSSR count). The van der Waals surface area contributed by atoms with Gasteiger partial charge in [-0.3, -0.25) is 4.98 Å². The molecule has 4 nitrogen and oxygen atoms in total. The third kappa shape index (κ3) is 1.80. The number of sulfonamides is 1. The van der Waals surface area contributed by atoms with Crippen molar-refractivity contribution in [1.82, 2.24) is 4.98 Å². The van der Waals surface area contributed by atoms with Gasteiger partial charge in [0.1, 0.15) is 4.90 Å². The summed E-state index contributed by atoms with van der Waals surface area (Å²) in [6.07, 6.45) is 2.11. The smallest absolute Gasteiger partial charge is 0.239 e. The predicted molar refractivity (Wildman–Crippen MR) is 45.0 cm³/mol. The van der Waals surface area contributed by atoms with Gasteiger partial charge in [0.25, 0.3) is 0 Å². The molecular weight excluding hydrogens is 176 g/mol. The number of primary sulfonamides is 1. The Hall–Kier alpha value is -0.940. The molecule has 0 aliphatic heterocycles. The molecule has 0 fully saturated rings. The van der Waals surface area contributed by atoms with Gasteiger partial charge < -0.3 is 0 Å². The van der Waals surface area contributed by atoms with Gasteiger partial charge in [-0.2, -0.15) is 0 Å². The highest BCUT2D eigenvalue weighted by molar-refractivity contribution is 7.89. The van der Waals surface area contributed by atoms with E-state index < -0.39 is 10.0 Å². The number of pyridine rings is 1. The molecule has 0 aliphatic rings. The van der Waals surface area contributed by atoms with Gasteiger partial charge in [-0.15, -0.1) is 0 Å². The third-order valence-corrected chi connectivity index (χ3v) is 2.47. The number of nitrogens with zero attached hydrogens (tertiary/aromatic N) is 1. The fraction of sp³-hybridized carbons (Fsp3) is 0.286. The highest BCUT2D eigenvalue weighted by Gasteiger charge is 2.12. The van der Waals surface area contributed by atoms with Crippen LogP contribution in [-0.4, -0.2) is 13.4 Å². The van der Waals surface area contributed by atoms with Crippen LogP contribution < -0.4 is 5.14 Å². The van der Waals surface area contributed by atoms with E-state index in [9.17, 15) is 8.42 Å². The molecule has 1 heterocycles. The number of aromatic nitrogens is 1. The summed E-state index contributed by atoms with van der Waals surface area (Å²) >= 11 is 0. The molecule has 1 aromatic heterocycles. The molecule has 0 unspecified atom stereocenters. The second-order valence-electron chi connectivity index (χ2n) is 2.35. The fourth-order valence-corrected chi connectivity index (χ4v) is 1.74. The Bertz CT molecular complexity index is 373. The first-order valence-corrected chi connectivity index (χ1v) is 5.07. The standard InChI is InChI=1S/C7H10N2O2S/c1-2-6-7(12(8,10)11)4-3-5-9-6/h3-5H,2H2,1H3,(H2,8,10,11). The second-order valence-corrected chi connectivity index (χ2v) is 3.88. The highest BCUT2D eigenvalue weighted by Crippen LogP contribution is 2.10. The number of nitrogens with two attached hydrogens (primary N) is 1. The van der Waals surface area contributed by atoms with Crippen molar-refractivity contribution >= 4 is 10.0 Å². The number of aryl methyl sites for hydroxylation is 1. The molecule has 0 bridgehead atoms. The molecule has 0 aromatic carbocycles. The first kappa shape index (κ1) is 9.15. The lowest BCUT2D eigenvalue weighted by Crippen LogP contribution is -2.14. The third-order valence-electron chi connectivity index (χ3n) is 1.49. The molecule has 0 amide bonds. The molecule has 0 saturated carbocycles. The van der Waals surface area contributed by atoms with E-state index in [0.717, 1.165) is 0 Å². The number of hydrogen-bond acceptors (Lipinski definition) is 3. The van der Waals surface area contributed by atoms with Crippen molar-refractivity contribution in [3.63, 3.8) is 0 Å². The topological polar surface area (TPSA) is 73.0 Å². The van der Waals surface area contributed by atoms with Crippen LogP contribution >= 0.6 is 0 Å². The first-order valence-electron chi connectivity index (χ1n) is 3.52. The molecule has 12 heavy (non-hydrogen) atoms. The van der Waals surface area contributed by atoms with Crippen molar-refractivity contribution in [2.45, 2.75) is 18.2 Å². The van der Waals surface area contributed by atoms with Crippen LogP contribution in [0, 0.1) is 0 Å². The Labute approximate surface area is 71.5 Å². The Balaban J connectivity index is 3.33. The number of rotatable bonds is 2. The summed E-state index contributed by atoms with van der Waals surface area (Å²) in [5.74, 6) is 0. The van der Waals surface area contributed by atoms with E-state index in [0.29, 0.717) is 12.1 Å². The average molecular weight is 186 g/mol. The molecule has 0 spiro atoms. The minimum atomic E-state index is -3.61.